The predicted octanol–water partition coefficient (Wildman–Crippen LogP) is -0.342. The number of hydrogen-bond acceptors (Lipinski definition) is 1. The maximum atomic E-state index is 9.35. The maximum absolute atomic E-state index is 9.35. The van der Waals surface area contributed by atoms with Crippen LogP contribution >= 0.6 is 0 Å². The molecule has 0 spiro atoms. The molecule has 28 valence electrons. The van der Waals surface area contributed by atoms with E-state index in [0.29, 0.717) is 0 Å². The molecule has 0 aromatic rings. The van der Waals surface area contributed by atoms with Gasteiger partial charge in [-0.15, -0.1) is 0 Å². The molecular formula is C2H3AsO2. The molecule has 0 saturated heterocycles. The van der Waals surface area contributed by atoms with Gasteiger partial charge < -0.3 is 0 Å². The topological polar surface area (TPSA) is 37.3 Å². The van der Waals surface area contributed by atoms with Crippen LogP contribution < -0.4 is 0 Å². The minimum absolute atomic E-state index is 0.160. The summed E-state index contributed by atoms with van der Waals surface area (Å²) in [6.45, 7) is 0. The molecule has 0 aliphatic carbocycles. The summed E-state index contributed by atoms with van der Waals surface area (Å²) in [5.41, 5.74) is 0. The zero-order chi connectivity index (χ0) is 4.28. The van der Waals surface area contributed by atoms with Crippen LogP contribution in [0, 0.1) is 0 Å². The summed E-state index contributed by atoms with van der Waals surface area (Å²) >= 11 is 1.97. The zero-order valence-electron chi connectivity index (χ0n) is 2.51. The minimum atomic E-state index is -0.773. The van der Waals surface area contributed by atoms with Gasteiger partial charge in [-0.25, -0.2) is 0 Å². The first-order valence-electron chi connectivity index (χ1n) is 1.10. The quantitative estimate of drug-likeness (QED) is 0.498. The summed E-state index contributed by atoms with van der Waals surface area (Å²) in [4.78, 5) is 9.35. The molecule has 0 aromatic heterocycles. The average Bonchev–Trinajstić information content (AvgIpc) is 1.38. The summed E-state index contributed by atoms with van der Waals surface area (Å²) in [5.74, 6) is -0.773. The van der Waals surface area contributed by atoms with E-state index < -0.39 is 5.97 Å². The van der Waals surface area contributed by atoms with E-state index >= 15 is 0 Å². The van der Waals surface area contributed by atoms with E-state index in [0.717, 1.165) is 0 Å². The number of rotatable bonds is 1. The van der Waals surface area contributed by atoms with Crippen LogP contribution in [0.4, 0.5) is 0 Å². The molecule has 0 aliphatic rings. The Balaban J connectivity index is 2.85. The van der Waals surface area contributed by atoms with Crippen LogP contribution in [0.2, 0.25) is 5.21 Å². The summed E-state index contributed by atoms with van der Waals surface area (Å²) < 4.78 is 0. The van der Waals surface area contributed by atoms with Crippen LogP contribution in [0.1, 0.15) is 0 Å². The Morgan fingerprint density at radius 1 is 2.00 bits per heavy atom. The van der Waals surface area contributed by atoms with E-state index in [2.05, 4.69) is 0 Å². The van der Waals surface area contributed by atoms with Gasteiger partial charge in [0.2, 0.25) is 0 Å². The molecule has 0 bridgehead atoms. The van der Waals surface area contributed by atoms with Gasteiger partial charge in [-0.2, -0.15) is 0 Å². The Morgan fingerprint density at radius 3 is 2.20 bits per heavy atom. The Hall–Kier alpha value is 0.0284. The average molecular weight is 134 g/mol. The van der Waals surface area contributed by atoms with Crippen molar-refractivity contribution in [2.24, 2.45) is 0 Å². The Kier molecular flexibility index (Phi) is 2.29. The van der Waals surface area contributed by atoms with Gasteiger partial charge in [-0.3, -0.25) is 0 Å². The molecule has 0 unspecified atom stereocenters. The number of aliphatic carboxylic acids is 1. The van der Waals surface area contributed by atoms with E-state index in [1.165, 1.54) is 0 Å². The second-order valence-electron chi connectivity index (χ2n) is 0.552. The van der Waals surface area contributed by atoms with Crippen LogP contribution in [0.5, 0.6) is 0 Å². The van der Waals surface area contributed by atoms with E-state index in [1.807, 2.05) is 16.9 Å². The fourth-order valence-electron chi connectivity index (χ4n) is 0. The summed E-state index contributed by atoms with van der Waals surface area (Å²) in [7, 11) is 0. The van der Waals surface area contributed by atoms with Gasteiger partial charge in [0.15, 0.2) is 0 Å². The molecule has 3 heteroatoms. The van der Waals surface area contributed by atoms with Gasteiger partial charge >= 0.3 is 37.9 Å². The van der Waals surface area contributed by atoms with Crippen LogP contribution in [0.15, 0.2) is 0 Å². The Bertz CT molecular complexity index is 42.9. The molecule has 1 N–H and O–H groups in total. The fourth-order valence-corrected chi connectivity index (χ4v) is 0. The molecule has 0 saturated carbocycles. The molecule has 0 aliphatic heterocycles. The summed E-state index contributed by atoms with van der Waals surface area (Å²) in [6, 6.07) is 0. The molecule has 2 nitrogen and oxygen atoms in total. The number of carboxylic acid groups (broad SMARTS) is 1. The molecule has 0 fully saturated rings. The SMILES string of the molecule is O=C(O)C[As]. The van der Waals surface area contributed by atoms with Gasteiger partial charge in [0, 0.05) is 0 Å². The molecule has 0 heterocycles. The number of carbonyl (C=O) groups is 1. The third kappa shape index (κ3) is 4.03. The molecule has 5 heavy (non-hydrogen) atoms. The van der Waals surface area contributed by atoms with Crippen molar-refractivity contribution in [2.75, 3.05) is 0 Å². The van der Waals surface area contributed by atoms with E-state index in [4.69, 9.17) is 5.11 Å². The van der Waals surface area contributed by atoms with E-state index in [1.54, 1.807) is 0 Å². The van der Waals surface area contributed by atoms with Crippen LogP contribution in [0.3, 0.4) is 0 Å². The summed E-state index contributed by atoms with van der Waals surface area (Å²) in [5, 5.41) is 7.87. The first-order valence-corrected chi connectivity index (χ1v) is 2.42. The van der Waals surface area contributed by atoms with Gasteiger partial charge in [0.1, 0.15) is 0 Å². The predicted molar refractivity (Wildman–Crippen MR) is 18.2 cm³/mol. The van der Waals surface area contributed by atoms with Crippen LogP contribution in [-0.2, 0) is 4.79 Å². The van der Waals surface area contributed by atoms with Crippen LogP contribution in [0.25, 0.3) is 0 Å². The monoisotopic (exact) mass is 134 g/mol. The van der Waals surface area contributed by atoms with Crippen LogP contribution in [-0.4, -0.2) is 27.9 Å². The normalized spacial score (nSPS) is 7.40. The van der Waals surface area contributed by atoms with Crippen molar-refractivity contribution in [1.82, 2.24) is 0 Å². The van der Waals surface area contributed by atoms with Gasteiger partial charge in [0.25, 0.3) is 0 Å². The number of hydrogen-bond donors (Lipinski definition) is 1. The first kappa shape index (κ1) is 5.03. The van der Waals surface area contributed by atoms with Gasteiger partial charge in [-0.1, -0.05) is 0 Å². The first-order chi connectivity index (χ1) is 2.27. The van der Waals surface area contributed by atoms with Crippen molar-refractivity contribution in [3.05, 3.63) is 0 Å². The fraction of sp³-hybridized carbons (Fsp3) is 0.500. The van der Waals surface area contributed by atoms with E-state index in [9.17, 15) is 4.79 Å². The molecule has 0 amide bonds. The molecule has 0 rings (SSSR count). The third-order valence-corrected chi connectivity index (χ3v) is 0.703. The molecule has 0 atom stereocenters. The van der Waals surface area contributed by atoms with Crippen molar-refractivity contribution < 1.29 is 9.90 Å². The van der Waals surface area contributed by atoms with Crippen molar-refractivity contribution in [2.45, 2.75) is 5.21 Å². The Morgan fingerprint density at radius 2 is 2.20 bits per heavy atom. The zero-order valence-corrected chi connectivity index (χ0v) is 4.39. The third-order valence-electron chi connectivity index (χ3n) is 0.135. The Labute approximate surface area is 38.7 Å². The van der Waals surface area contributed by atoms with E-state index in [-0.39, 0.29) is 5.21 Å². The molecule has 0 aromatic carbocycles. The second kappa shape index (κ2) is 2.28. The van der Waals surface area contributed by atoms with Crippen molar-refractivity contribution in [1.29, 1.82) is 0 Å². The number of carboxylic acids is 1. The van der Waals surface area contributed by atoms with Crippen molar-refractivity contribution >= 4 is 22.8 Å². The van der Waals surface area contributed by atoms with Gasteiger partial charge in [-0.05, 0) is 0 Å². The standard InChI is InChI=1S/C2H3AsO2/c3-1-2(4)5/h1H2,(H,4,5). The summed E-state index contributed by atoms with van der Waals surface area (Å²) in [6.07, 6.45) is 0. The van der Waals surface area contributed by atoms with Crippen molar-refractivity contribution in [3.8, 4) is 0 Å². The van der Waals surface area contributed by atoms with Gasteiger partial charge in [0.05, 0.1) is 0 Å². The molecular weight excluding hydrogens is 131 g/mol. The second-order valence-corrected chi connectivity index (χ2v) is 1.22. The van der Waals surface area contributed by atoms with Crippen molar-refractivity contribution in [3.63, 3.8) is 0 Å². The molecule has 2 radical (unpaired) electrons.